The first kappa shape index (κ1) is 21.2. The van der Waals surface area contributed by atoms with E-state index in [-0.39, 0.29) is 17.5 Å². The first-order valence-corrected chi connectivity index (χ1v) is 11.4. The largest absolute Gasteiger partial charge is 0.365 e. The van der Waals surface area contributed by atoms with Crippen molar-refractivity contribution in [2.75, 3.05) is 24.5 Å². The SMILES string of the molecule is Cc1cccc(N2CCN(C(=O)[C@@H](C)n3c4ccccc4c4cnn(C)c(=O)c43)C[C@@H]2C)c1. The number of aromatic nitrogens is 3. The van der Waals surface area contributed by atoms with E-state index in [0.717, 1.165) is 22.8 Å². The van der Waals surface area contributed by atoms with Gasteiger partial charge in [0.1, 0.15) is 11.6 Å². The van der Waals surface area contributed by atoms with E-state index in [9.17, 15) is 9.59 Å². The maximum absolute atomic E-state index is 13.7. The summed E-state index contributed by atoms with van der Waals surface area (Å²) in [6.07, 6.45) is 1.72. The van der Waals surface area contributed by atoms with Gasteiger partial charge in [0.15, 0.2) is 0 Å². The minimum absolute atomic E-state index is 0.0345. The van der Waals surface area contributed by atoms with E-state index in [1.165, 1.54) is 15.9 Å². The average molecular weight is 444 g/mol. The van der Waals surface area contributed by atoms with Crippen LogP contribution in [0.4, 0.5) is 5.69 Å². The van der Waals surface area contributed by atoms with Crippen molar-refractivity contribution in [3.05, 3.63) is 70.6 Å². The summed E-state index contributed by atoms with van der Waals surface area (Å²) in [7, 11) is 1.64. The Labute approximate surface area is 192 Å². The van der Waals surface area contributed by atoms with E-state index in [0.29, 0.717) is 18.6 Å². The Balaban J connectivity index is 1.48. The lowest BCUT2D eigenvalue weighted by atomic mass is 10.1. The molecule has 1 fully saturated rings. The predicted molar refractivity (Wildman–Crippen MR) is 132 cm³/mol. The van der Waals surface area contributed by atoms with Crippen molar-refractivity contribution in [3.63, 3.8) is 0 Å². The number of nitrogens with zero attached hydrogens (tertiary/aromatic N) is 5. The zero-order chi connectivity index (χ0) is 23.3. The minimum Gasteiger partial charge on any atom is -0.365 e. The van der Waals surface area contributed by atoms with Crippen molar-refractivity contribution in [1.82, 2.24) is 19.2 Å². The van der Waals surface area contributed by atoms with Crippen LogP contribution in [-0.4, -0.2) is 50.8 Å². The van der Waals surface area contributed by atoms with E-state index >= 15 is 0 Å². The van der Waals surface area contributed by atoms with Crippen molar-refractivity contribution in [2.45, 2.75) is 32.9 Å². The van der Waals surface area contributed by atoms with Crippen LogP contribution in [0.3, 0.4) is 0 Å². The second-order valence-corrected chi connectivity index (χ2v) is 9.06. The van der Waals surface area contributed by atoms with Crippen LogP contribution in [0.15, 0.2) is 59.5 Å². The summed E-state index contributed by atoms with van der Waals surface area (Å²) in [6, 6.07) is 16.0. The molecular weight excluding hydrogens is 414 g/mol. The van der Waals surface area contributed by atoms with E-state index in [4.69, 9.17) is 0 Å². The van der Waals surface area contributed by atoms with E-state index in [2.05, 4.69) is 48.1 Å². The molecule has 1 saturated heterocycles. The summed E-state index contributed by atoms with van der Waals surface area (Å²) >= 11 is 0. The molecule has 7 nitrogen and oxygen atoms in total. The van der Waals surface area contributed by atoms with Crippen LogP contribution in [0.1, 0.15) is 25.5 Å². The fourth-order valence-electron chi connectivity index (χ4n) is 5.11. The molecular formula is C26H29N5O2. The molecule has 0 bridgehead atoms. The van der Waals surface area contributed by atoms with Gasteiger partial charge in [-0.1, -0.05) is 30.3 Å². The number of aryl methyl sites for hydroxylation is 2. The summed E-state index contributed by atoms with van der Waals surface area (Å²) in [6.45, 7) is 8.23. The molecule has 0 aliphatic carbocycles. The number of hydrogen-bond donors (Lipinski definition) is 0. The normalized spacial score (nSPS) is 17.6. The molecule has 1 aliphatic rings. The number of carbonyl (C=O) groups is 1. The fourth-order valence-corrected chi connectivity index (χ4v) is 5.11. The Morgan fingerprint density at radius 3 is 2.64 bits per heavy atom. The molecule has 2 aromatic heterocycles. The number of benzene rings is 2. The van der Waals surface area contributed by atoms with Gasteiger partial charge >= 0.3 is 0 Å². The smallest absolute Gasteiger partial charge is 0.291 e. The van der Waals surface area contributed by atoms with Crippen LogP contribution in [0.2, 0.25) is 0 Å². The molecule has 0 N–H and O–H groups in total. The molecule has 170 valence electrons. The first-order valence-electron chi connectivity index (χ1n) is 11.4. The van der Waals surface area contributed by atoms with Crippen LogP contribution in [0, 0.1) is 6.92 Å². The molecule has 1 amide bonds. The van der Waals surface area contributed by atoms with Gasteiger partial charge in [0.2, 0.25) is 5.91 Å². The highest BCUT2D eigenvalue weighted by atomic mass is 16.2. The molecule has 0 spiro atoms. The standard InChI is InChI=1S/C26H29N5O2/c1-17-8-7-9-20(14-17)30-13-12-29(16-18(30)2)25(32)19(3)31-23-11-6-5-10-21(23)22-15-27-28(4)26(33)24(22)31/h5-11,14-15,18-19H,12-13,16H2,1-4H3/t18-,19+/m0/s1. The molecule has 4 aromatic rings. The Morgan fingerprint density at radius 1 is 1.09 bits per heavy atom. The molecule has 7 heteroatoms. The number of rotatable bonds is 3. The summed E-state index contributed by atoms with van der Waals surface area (Å²) in [5.41, 5.74) is 3.64. The lowest BCUT2D eigenvalue weighted by molar-refractivity contribution is -0.134. The highest BCUT2D eigenvalue weighted by Gasteiger charge is 2.31. The molecule has 1 aliphatic heterocycles. The van der Waals surface area contributed by atoms with Gasteiger partial charge in [-0.2, -0.15) is 5.10 Å². The van der Waals surface area contributed by atoms with Crippen LogP contribution in [0.5, 0.6) is 0 Å². The Hall–Kier alpha value is -3.61. The van der Waals surface area contributed by atoms with Crippen molar-refractivity contribution in [1.29, 1.82) is 0 Å². The highest BCUT2D eigenvalue weighted by molar-refractivity contribution is 6.08. The second kappa shape index (κ2) is 8.06. The molecule has 2 atom stereocenters. The van der Waals surface area contributed by atoms with Gasteiger partial charge in [0, 0.05) is 49.2 Å². The van der Waals surface area contributed by atoms with Crippen LogP contribution >= 0.6 is 0 Å². The second-order valence-electron chi connectivity index (χ2n) is 9.06. The third-order valence-corrected chi connectivity index (χ3v) is 6.82. The van der Waals surface area contributed by atoms with Crippen LogP contribution < -0.4 is 10.5 Å². The van der Waals surface area contributed by atoms with Crippen molar-refractivity contribution in [2.24, 2.45) is 7.05 Å². The fraction of sp³-hybridized carbons (Fsp3) is 0.346. The lowest BCUT2D eigenvalue weighted by Crippen LogP contribution is -2.55. The van der Waals surface area contributed by atoms with E-state index < -0.39 is 6.04 Å². The topological polar surface area (TPSA) is 63.4 Å². The molecule has 2 aromatic carbocycles. The molecule has 0 radical (unpaired) electrons. The van der Waals surface area contributed by atoms with Gasteiger partial charge in [-0.3, -0.25) is 9.59 Å². The molecule has 0 saturated carbocycles. The number of anilines is 1. The van der Waals surface area contributed by atoms with Crippen molar-refractivity contribution >= 4 is 33.4 Å². The predicted octanol–water partition coefficient (Wildman–Crippen LogP) is 3.49. The third kappa shape index (κ3) is 3.48. The molecule has 0 unspecified atom stereocenters. The Kier molecular flexibility index (Phi) is 5.19. The molecule has 3 heterocycles. The lowest BCUT2D eigenvalue weighted by Gasteiger charge is -2.42. The zero-order valence-electron chi connectivity index (χ0n) is 19.5. The number of carbonyl (C=O) groups excluding carboxylic acids is 1. The number of fused-ring (bicyclic) bond motifs is 3. The monoisotopic (exact) mass is 443 g/mol. The van der Waals surface area contributed by atoms with Crippen molar-refractivity contribution < 1.29 is 4.79 Å². The van der Waals surface area contributed by atoms with Gasteiger partial charge in [-0.25, -0.2) is 4.68 Å². The van der Waals surface area contributed by atoms with E-state index in [1.54, 1.807) is 13.2 Å². The van der Waals surface area contributed by atoms with Crippen LogP contribution in [-0.2, 0) is 11.8 Å². The average Bonchev–Trinajstić information content (AvgIpc) is 3.15. The van der Waals surface area contributed by atoms with Gasteiger partial charge in [-0.05, 0) is 44.5 Å². The summed E-state index contributed by atoms with van der Waals surface area (Å²) in [5, 5.41) is 5.93. The van der Waals surface area contributed by atoms with E-state index in [1.807, 2.05) is 40.7 Å². The molecule has 33 heavy (non-hydrogen) atoms. The minimum atomic E-state index is -0.500. The summed E-state index contributed by atoms with van der Waals surface area (Å²) in [5.74, 6) is 0.0345. The van der Waals surface area contributed by atoms with Gasteiger partial charge in [-0.15, -0.1) is 0 Å². The quantitative estimate of drug-likeness (QED) is 0.486. The summed E-state index contributed by atoms with van der Waals surface area (Å²) < 4.78 is 3.23. The Bertz CT molecular complexity index is 1420. The van der Waals surface area contributed by atoms with Crippen molar-refractivity contribution in [3.8, 4) is 0 Å². The van der Waals surface area contributed by atoms with Crippen LogP contribution in [0.25, 0.3) is 21.8 Å². The zero-order valence-corrected chi connectivity index (χ0v) is 19.5. The Morgan fingerprint density at radius 2 is 1.88 bits per heavy atom. The highest BCUT2D eigenvalue weighted by Crippen LogP contribution is 2.31. The third-order valence-electron chi connectivity index (χ3n) is 6.82. The van der Waals surface area contributed by atoms with Gasteiger partial charge in [0.05, 0.1) is 11.7 Å². The number of hydrogen-bond acceptors (Lipinski definition) is 4. The maximum Gasteiger partial charge on any atom is 0.291 e. The summed E-state index contributed by atoms with van der Waals surface area (Å²) in [4.78, 5) is 31.0. The number of piperazine rings is 1. The number of amides is 1. The maximum atomic E-state index is 13.7. The van der Waals surface area contributed by atoms with Gasteiger partial charge in [0.25, 0.3) is 5.56 Å². The van der Waals surface area contributed by atoms with Gasteiger partial charge < -0.3 is 14.4 Å². The first-order chi connectivity index (χ1) is 15.9. The number of para-hydroxylation sites is 1. The molecule has 5 rings (SSSR count).